The van der Waals surface area contributed by atoms with E-state index in [4.69, 9.17) is 4.74 Å². The molecular formula is C13H19BrN2O2. The molecule has 1 unspecified atom stereocenters. The van der Waals surface area contributed by atoms with Crippen molar-refractivity contribution < 1.29 is 9.53 Å². The highest BCUT2D eigenvalue weighted by Gasteiger charge is 2.23. The Hall–Kier alpha value is -0.810. The molecule has 1 amide bonds. The minimum atomic E-state index is 0.0706. The van der Waals surface area contributed by atoms with Crippen LogP contribution in [0.25, 0.3) is 0 Å². The molecule has 0 spiro atoms. The van der Waals surface area contributed by atoms with E-state index in [1.54, 1.807) is 0 Å². The first-order valence-corrected chi connectivity index (χ1v) is 7.14. The molecule has 0 N–H and O–H groups in total. The minimum absolute atomic E-state index is 0.0706. The Labute approximate surface area is 116 Å². The first-order valence-electron chi connectivity index (χ1n) is 6.34. The van der Waals surface area contributed by atoms with E-state index in [0.717, 1.165) is 23.9 Å². The lowest BCUT2D eigenvalue weighted by Crippen LogP contribution is -2.38. The van der Waals surface area contributed by atoms with Gasteiger partial charge in [-0.3, -0.25) is 4.79 Å². The molecule has 1 saturated heterocycles. The number of rotatable bonds is 4. The SMILES string of the molecule is CCN(CC1CCCO1)C(=O)c1cc(Br)cn1C. The molecule has 0 radical (unpaired) electrons. The quantitative estimate of drug-likeness (QED) is 0.855. The van der Waals surface area contributed by atoms with Crippen LogP contribution in [0.2, 0.25) is 0 Å². The molecule has 4 nitrogen and oxygen atoms in total. The zero-order valence-corrected chi connectivity index (χ0v) is 12.4. The molecule has 0 bridgehead atoms. The number of hydrogen-bond donors (Lipinski definition) is 0. The number of aryl methyl sites for hydroxylation is 1. The van der Waals surface area contributed by atoms with Crippen LogP contribution in [0.15, 0.2) is 16.7 Å². The third-order valence-electron chi connectivity index (χ3n) is 3.31. The Kier molecular flexibility index (Phi) is 4.45. The van der Waals surface area contributed by atoms with Crippen LogP contribution in [0.3, 0.4) is 0 Å². The zero-order valence-electron chi connectivity index (χ0n) is 10.9. The Morgan fingerprint density at radius 3 is 2.94 bits per heavy atom. The summed E-state index contributed by atoms with van der Waals surface area (Å²) in [6.45, 7) is 4.23. The van der Waals surface area contributed by atoms with E-state index in [1.807, 2.05) is 35.7 Å². The number of aromatic nitrogens is 1. The maximum atomic E-state index is 12.4. The summed E-state index contributed by atoms with van der Waals surface area (Å²) in [6, 6.07) is 1.86. The standard InChI is InChI=1S/C13H19BrN2O2/c1-3-16(9-11-5-4-6-18-11)13(17)12-7-10(14)8-15(12)2/h7-8,11H,3-6,9H2,1-2H3. The summed E-state index contributed by atoms with van der Waals surface area (Å²) in [5.41, 5.74) is 0.710. The lowest BCUT2D eigenvalue weighted by molar-refractivity contribution is 0.0532. The van der Waals surface area contributed by atoms with Crippen LogP contribution in [0.4, 0.5) is 0 Å². The normalized spacial score (nSPS) is 19.2. The second kappa shape index (κ2) is 5.89. The number of ether oxygens (including phenoxy) is 1. The molecular weight excluding hydrogens is 296 g/mol. The molecule has 1 aliphatic heterocycles. The number of hydrogen-bond acceptors (Lipinski definition) is 2. The highest BCUT2D eigenvalue weighted by molar-refractivity contribution is 9.10. The smallest absolute Gasteiger partial charge is 0.270 e. The van der Waals surface area contributed by atoms with Crippen molar-refractivity contribution in [3.63, 3.8) is 0 Å². The van der Waals surface area contributed by atoms with Crippen molar-refractivity contribution >= 4 is 21.8 Å². The molecule has 18 heavy (non-hydrogen) atoms. The van der Waals surface area contributed by atoms with E-state index >= 15 is 0 Å². The van der Waals surface area contributed by atoms with Gasteiger partial charge in [-0.1, -0.05) is 0 Å². The topological polar surface area (TPSA) is 34.5 Å². The second-order valence-corrected chi connectivity index (χ2v) is 5.55. The minimum Gasteiger partial charge on any atom is -0.376 e. The molecule has 100 valence electrons. The van der Waals surface area contributed by atoms with E-state index in [2.05, 4.69) is 15.9 Å². The van der Waals surface area contributed by atoms with E-state index in [0.29, 0.717) is 18.8 Å². The first kappa shape index (κ1) is 13.6. The van der Waals surface area contributed by atoms with E-state index in [1.165, 1.54) is 0 Å². The van der Waals surface area contributed by atoms with Gasteiger partial charge in [-0.15, -0.1) is 0 Å². The monoisotopic (exact) mass is 314 g/mol. The third-order valence-corrected chi connectivity index (χ3v) is 3.74. The van der Waals surface area contributed by atoms with Crippen molar-refractivity contribution in [2.75, 3.05) is 19.7 Å². The molecule has 1 atom stereocenters. The first-order chi connectivity index (χ1) is 8.61. The highest BCUT2D eigenvalue weighted by atomic mass is 79.9. The Balaban J connectivity index is 2.07. The maximum absolute atomic E-state index is 12.4. The fraction of sp³-hybridized carbons (Fsp3) is 0.615. The van der Waals surface area contributed by atoms with Crippen LogP contribution in [0.1, 0.15) is 30.3 Å². The molecule has 2 heterocycles. The van der Waals surface area contributed by atoms with Crippen molar-refractivity contribution in [2.45, 2.75) is 25.9 Å². The number of carbonyl (C=O) groups is 1. The second-order valence-electron chi connectivity index (χ2n) is 4.63. The lowest BCUT2D eigenvalue weighted by Gasteiger charge is -2.24. The Morgan fingerprint density at radius 2 is 2.44 bits per heavy atom. The zero-order chi connectivity index (χ0) is 13.1. The summed E-state index contributed by atoms with van der Waals surface area (Å²) in [7, 11) is 1.89. The van der Waals surface area contributed by atoms with Gasteiger partial charge in [0.25, 0.3) is 5.91 Å². The van der Waals surface area contributed by atoms with Gasteiger partial charge >= 0.3 is 0 Å². The third kappa shape index (κ3) is 2.95. The molecule has 0 aromatic carbocycles. The van der Waals surface area contributed by atoms with Crippen molar-refractivity contribution in [1.82, 2.24) is 9.47 Å². The molecule has 1 aromatic rings. The average Bonchev–Trinajstić information content (AvgIpc) is 2.95. The Morgan fingerprint density at radius 1 is 1.67 bits per heavy atom. The Bertz CT molecular complexity index is 425. The number of amides is 1. The number of likely N-dealkylation sites (N-methyl/N-ethyl adjacent to an activating group) is 1. The average molecular weight is 315 g/mol. The highest BCUT2D eigenvalue weighted by Crippen LogP contribution is 2.18. The maximum Gasteiger partial charge on any atom is 0.270 e. The van der Waals surface area contributed by atoms with Gasteiger partial charge in [0, 0.05) is 37.4 Å². The van der Waals surface area contributed by atoms with Crippen LogP contribution in [-0.2, 0) is 11.8 Å². The van der Waals surface area contributed by atoms with Gasteiger partial charge in [-0.05, 0) is 41.8 Å². The van der Waals surface area contributed by atoms with Gasteiger partial charge < -0.3 is 14.2 Å². The van der Waals surface area contributed by atoms with Gasteiger partial charge in [0.05, 0.1) is 6.10 Å². The van der Waals surface area contributed by atoms with E-state index in [-0.39, 0.29) is 12.0 Å². The summed E-state index contributed by atoms with van der Waals surface area (Å²) in [5, 5.41) is 0. The van der Waals surface area contributed by atoms with Crippen LogP contribution in [-0.4, -0.2) is 41.2 Å². The number of halogens is 1. The van der Waals surface area contributed by atoms with E-state index < -0.39 is 0 Å². The van der Waals surface area contributed by atoms with Crippen molar-refractivity contribution in [1.29, 1.82) is 0 Å². The van der Waals surface area contributed by atoms with Crippen LogP contribution >= 0.6 is 15.9 Å². The molecule has 2 rings (SSSR count). The predicted molar refractivity (Wildman–Crippen MR) is 73.7 cm³/mol. The van der Waals surface area contributed by atoms with Gasteiger partial charge in [-0.2, -0.15) is 0 Å². The molecule has 1 fully saturated rings. The summed E-state index contributed by atoms with van der Waals surface area (Å²) in [5.74, 6) is 0.0706. The van der Waals surface area contributed by atoms with Gasteiger partial charge in [0.1, 0.15) is 5.69 Å². The molecule has 0 saturated carbocycles. The van der Waals surface area contributed by atoms with Crippen LogP contribution < -0.4 is 0 Å². The predicted octanol–water partition coefficient (Wildman–Crippen LogP) is 2.43. The largest absolute Gasteiger partial charge is 0.376 e. The molecule has 0 aliphatic carbocycles. The molecule has 5 heteroatoms. The molecule has 1 aliphatic rings. The fourth-order valence-corrected chi connectivity index (χ4v) is 2.81. The van der Waals surface area contributed by atoms with Gasteiger partial charge in [0.2, 0.25) is 0 Å². The number of carbonyl (C=O) groups excluding carboxylic acids is 1. The number of nitrogens with zero attached hydrogens (tertiary/aromatic N) is 2. The van der Waals surface area contributed by atoms with Crippen LogP contribution in [0.5, 0.6) is 0 Å². The lowest BCUT2D eigenvalue weighted by atomic mass is 10.2. The fourth-order valence-electron chi connectivity index (χ4n) is 2.29. The summed E-state index contributed by atoms with van der Waals surface area (Å²) in [4.78, 5) is 14.3. The summed E-state index contributed by atoms with van der Waals surface area (Å²) < 4.78 is 8.38. The summed E-state index contributed by atoms with van der Waals surface area (Å²) in [6.07, 6.45) is 4.26. The van der Waals surface area contributed by atoms with Crippen molar-refractivity contribution in [3.05, 3.63) is 22.4 Å². The summed E-state index contributed by atoms with van der Waals surface area (Å²) >= 11 is 3.39. The molecule has 1 aromatic heterocycles. The van der Waals surface area contributed by atoms with Crippen molar-refractivity contribution in [3.8, 4) is 0 Å². The van der Waals surface area contributed by atoms with Crippen molar-refractivity contribution in [2.24, 2.45) is 7.05 Å². The van der Waals surface area contributed by atoms with Crippen LogP contribution in [0, 0.1) is 0 Å². The van der Waals surface area contributed by atoms with Gasteiger partial charge in [-0.25, -0.2) is 0 Å². The van der Waals surface area contributed by atoms with Gasteiger partial charge in [0.15, 0.2) is 0 Å². The van der Waals surface area contributed by atoms with E-state index in [9.17, 15) is 4.79 Å².